The first-order valence-electron chi connectivity index (χ1n) is 9.42. The molecule has 29 heavy (non-hydrogen) atoms. The maximum absolute atomic E-state index is 12.5. The molecule has 0 radical (unpaired) electrons. The third-order valence-electron chi connectivity index (χ3n) is 4.94. The normalized spacial score (nSPS) is 13.9. The predicted molar refractivity (Wildman–Crippen MR) is 116 cm³/mol. The number of amides is 2. The molecule has 1 aliphatic heterocycles. The van der Waals surface area contributed by atoms with E-state index in [0.29, 0.717) is 29.4 Å². The number of halogens is 1. The summed E-state index contributed by atoms with van der Waals surface area (Å²) in [6, 6.07) is 9.32. The van der Waals surface area contributed by atoms with Crippen LogP contribution in [-0.2, 0) is 16.0 Å². The van der Waals surface area contributed by atoms with Crippen LogP contribution in [-0.4, -0.2) is 27.9 Å². The lowest BCUT2D eigenvalue weighted by atomic mass is 10.2. The summed E-state index contributed by atoms with van der Waals surface area (Å²) in [7, 11) is 0. The smallest absolute Gasteiger partial charge is 0.230 e. The second kappa shape index (κ2) is 8.00. The Labute approximate surface area is 178 Å². The van der Waals surface area contributed by atoms with Crippen molar-refractivity contribution >= 4 is 46.1 Å². The summed E-state index contributed by atoms with van der Waals surface area (Å²) in [6.45, 7) is 4.74. The third-order valence-corrected chi connectivity index (χ3v) is 6.12. The zero-order chi connectivity index (χ0) is 20.5. The lowest BCUT2D eigenvalue weighted by molar-refractivity contribution is -0.117. The second-order valence-electron chi connectivity index (χ2n) is 7.11. The Kier molecular flexibility index (Phi) is 5.43. The first-order valence-corrected chi connectivity index (χ1v) is 10.7. The maximum atomic E-state index is 12.5. The number of aryl methyl sites for hydroxylation is 2. The van der Waals surface area contributed by atoms with Crippen LogP contribution in [0.15, 0.2) is 35.7 Å². The Bertz CT molecular complexity index is 1070. The van der Waals surface area contributed by atoms with Crippen molar-refractivity contribution in [2.24, 2.45) is 0 Å². The van der Waals surface area contributed by atoms with Gasteiger partial charge < -0.3 is 10.2 Å². The maximum Gasteiger partial charge on any atom is 0.230 e. The number of rotatable bonds is 5. The van der Waals surface area contributed by atoms with Gasteiger partial charge in [-0.15, -0.1) is 11.3 Å². The van der Waals surface area contributed by atoms with Crippen molar-refractivity contribution in [2.45, 2.75) is 33.1 Å². The van der Waals surface area contributed by atoms with Crippen molar-refractivity contribution in [1.82, 2.24) is 9.55 Å². The molecule has 6 nitrogen and oxygen atoms in total. The number of nitrogens with one attached hydrogen (secondary N) is 1. The summed E-state index contributed by atoms with van der Waals surface area (Å²) in [5, 5.41) is 6.07. The molecule has 1 fully saturated rings. The molecule has 8 heteroatoms. The van der Waals surface area contributed by atoms with Crippen LogP contribution in [0.3, 0.4) is 0 Å². The van der Waals surface area contributed by atoms with E-state index >= 15 is 0 Å². The van der Waals surface area contributed by atoms with E-state index in [0.717, 1.165) is 28.6 Å². The molecule has 0 saturated carbocycles. The Morgan fingerprint density at radius 3 is 2.66 bits per heavy atom. The zero-order valence-electron chi connectivity index (χ0n) is 16.2. The van der Waals surface area contributed by atoms with Gasteiger partial charge in [-0.25, -0.2) is 4.98 Å². The topological polar surface area (TPSA) is 67.2 Å². The molecular weight excluding hydrogens is 408 g/mol. The summed E-state index contributed by atoms with van der Waals surface area (Å²) in [5.74, 6) is -0.0833. The SMILES string of the molecule is Cc1ccc(C)n1-c1nc(CC(=O)Nc2ccc(N3CCCC3=O)c(Cl)c2)cs1. The van der Waals surface area contributed by atoms with Crippen LogP contribution in [0, 0.1) is 13.8 Å². The fraction of sp³-hybridized carbons (Fsp3) is 0.286. The number of benzene rings is 1. The van der Waals surface area contributed by atoms with E-state index in [9.17, 15) is 9.59 Å². The first kappa shape index (κ1) is 19.7. The van der Waals surface area contributed by atoms with Gasteiger partial charge >= 0.3 is 0 Å². The summed E-state index contributed by atoms with van der Waals surface area (Å²) >= 11 is 7.87. The Morgan fingerprint density at radius 1 is 1.24 bits per heavy atom. The third kappa shape index (κ3) is 4.06. The minimum absolute atomic E-state index is 0.0798. The number of thiazole rings is 1. The molecule has 1 aliphatic rings. The summed E-state index contributed by atoms with van der Waals surface area (Å²) in [6.07, 6.45) is 1.57. The molecule has 0 unspecified atom stereocenters. The largest absolute Gasteiger partial charge is 0.326 e. The molecule has 3 heterocycles. The zero-order valence-corrected chi connectivity index (χ0v) is 17.8. The highest BCUT2D eigenvalue weighted by Crippen LogP contribution is 2.31. The van der Waals surface area contributed by atoms with Crippen LogP contribution in [0.5, 0.6) is 0 Å². The number of hydrogen-bond donors (Lipinski definition) is 1. The molecule has 2 amide bonds. The van der Waals surface area contributed by atoms with E-state index in [4.69, 9.17) is 11.6 Å². The van der Waals surface area contributed by atoms with Crippen molar-refractivity contribution in [3.05, 3.63) is 57.8 Å². The molecule has 0 aliphatic carbocycles. The second-order valence-corrected chi connectivity index (χ2v) is 8.36. The van der Waals surface area contributed by atoms with Crippen molar-refractivity contribution in [3.8, 4) is 5.13 Å². The Hall–Kier alpha value is -2.64. The molecule has 3 aromatic rings. The van der Waals surface area contributed by atoms with Crippen molar-refractivity contribution in [2.75, 3.05) is 16.8 Å². The van der Waals surface area contributed by atoms with E-state index in [1.165, 1.54) is 11.3 Å². The highest BCUT2D eigenvalue weighted by Gasteiger charge is 2.23. The lowest BCUT2D eigenvalue weighted by Gasteiger charge is -2.18. The van der Waals surface area contributed by atoms with Gasteiger partial charge in [0.2, 0.25) is 11.8 Å². The monoisotopic (exact) mass is 428 g/mol. The van der Waals surface area contributed by atoms with Crippen LogP contribution < -0.4 is 10.2 Å². The molecule has 0 bridgehead atoms. The minimum Gasteiger partial charge on any atom is -0.326 e. The summed E-state index contributed by atoms with van der Waals surface area (Å²) in [5.41, 5.74) is 4.23. The molecule has 1 saturated heterocycles. The van der Waals surface area contributed by atoms with E-state index in [2.05, 4.69) is 14.9 Å². The number of carbonyl (C=O) groups is 2. The number of nitrogens with zero attached hydrogens (tertiary/aromatic N) is 3. The number of carbonyl (C=O) groups excluding carboxylic acids is 2. The van der Waals surface area contributed by atoms with Gasteiger partial charge in [-0.3, -0.25) is 14.2 Å². The molecule has 150 valence electrons. The highest BCUT2D eigenvalue weighted by atomic mass is 35.5. The van der Waals surface area contributed by atoms with E-state index < -0.39 is 0 Å². The average Bonchev–Trinajstić information content (AvgIpc) is 3.37. The first-order chi connectivity index (χ1) is 13.9. The molecular formula is C21H21ClN4O2S. The Balaban J connectivity index is 1.43. The fourth-order valence-electron chi connectivity index (χ4n) is 3.53. The predicted octanol–water partition coefficient (Wildman–Crippen LogP) is 4.51. The van der Waals surface area contributed by atoms with Gasteiger partial charge in [0.15, 0.2) is 5.13 Å². The molecule has 1 N–H and O–H groups in total. The minimum atomic E-state index is -0.163. The summed E-state index contributed by atoms with van der Waals surface area (Å²) in [4.78, 5) is 30.7. The van der Waals surface area contributed by atoms with E-state index in [-0.39, 0.29) is 18.2 Å². The number of anilines is 2. The van der Waals surface area contributed by atoms with E-state index in [1.807, 2.05) is 31.4 Å². The van der Waals surface area contributed by atoms with Gasteiger partial charge in [0, 0.05) is 35.4 Å². The molecule has 2 aromatic heterocycles. The lowest BCUT2D eigenvalue weighted by Crippen LogP contribution is -2.24. The number of aromatic nitrogens is 2. The number of hydrogen-bond acceptors (Lipinski definition) is 4. The van der Waals surface area contributed by atoms with Crippen molar-refractivity contribution in [1.29, 1.82) is 0 Å². The molecule has 1 aromatic carbocycles. The van der Waals surface area contributed by atoms with Gasteiger partial charge in [-0.1, -0.05) is 11.6 Å². The van der Waals surface area contributed by atoms with Gasteiger partial charge in [-0.2, -0.15) is 0 Å². The van der Waals surface area contributed by atoms with Gasteiger partial charge in [0.05, 0.1) is 22.8 Å². The van der Waals surface area contributed by atoms with E-state index in [1.54, 1.807) is 23.1 Å². The average molecular weight is 429 g/mol. The van der Waals surface area contributed by atoms with Crippen LogP contribution in [0.4, 0.5) is 11.4 Å². The highest BCUT2D eigenvalue weighted by molar-refractivity contribution is 7.12. The van der Waals surface area contributed by atoms with Crippen LogP contribution in [0.2, 0.25) is 5.02 Å². The van der Waals surface area contributed by atoms with Gasteiger partial charge in [0.25, 0.3) is 0 Å². The Morgan fingerprint density at radius 2 is 2.00 bits per heavy atom. The standard InChI is InChI=1S/C21H21ClN4O2S/c1-13-5-6-14(2)26(13)21-24-16(12-29-21)11-19(27)23-15-7-8-18(17(22)10-15)25-9-3-4-20(25)28/h5-8,10,12H,3-4,9,11H2,1-2H3,(H,23,27). The quantitative estimate of drug-likeness (QED) is 0.650. The molecule has 0 spiro atoms. The fourth-order valence-corrected chi connectivity index (χ4v) is 4.75. The summed E-state index contributed by atoms with van der Waals surface area (Å²) < 4.78 is 2.07. The van der Waals surface area contributed by atoms with Gasteiger partial charge in [0.1, 0.15) is 0 Å². The van der Waals surface area contributed by atoms with Crippen molar-refractivity contribution < 1.29 is 9.59 Å². The van der Waals surface area contributed by atoms with Gasteiger partial charge in [-0.05, 0) is 50.6 Å². The van der Waals surface area contributed by atoms with Crippen molar-refractivity contribution in [3.63, 3.8) is 0 Å². The van der Waals surface area contributed by atoms with Crippen LogP contribution in [0.25, 0.3) is 5.13 Å². The molecule has 4 rings (SSSR count). The molecule has 0 atom stereocenters. The van der Waals surface area contributed by atoms with Crippen LogP contribution in [0.1, 0.15) is 29.9 Å². The van der Waals surface area contributed by atoms with Crippen LogP contribution >= 0.6 is 22.9 Å².